The van der Waals surface area contributed by atoms with Crippen LogP contribution < -0.4 is 14.8 Å². The predicted octanol–water partition coefficient (Wildman–Crippen LogP) is 3.70. The number of fused-ring (bicyclic) bond motifs is 1. The minimum atomic E-state index is -3.66. The zero-order chi connectivity index (χ0) is 22.7. The predicted molar refractivity (Wildman–Crippen MR) is 122 cm³/mol. The Balaban J connectivity index is 1.50. The highest BCUT2D eigenvalue weighted by Gasteiger charge is 2.28. The van der Waals surface area contributed by atoms with Crippen molar-refractivity contribution in [1.29, 1.82) is 0 Å². The molecule has 0 saturated heterocycles. The van der Waals surface area contributed by atoms with Crippen LogP contribution in [0.25, 0.3) is 0 Å². The van der Waals surface area contributed by atoms with Gasteiger partial charge in [0, 0.05) is 42.5 Å². The molecule has 7 nitrogen and oxygen atoms in total. The van der Waals surface area contributed by atoms with E-state index >= 15 is 0 Å². The number of benzene rings is 3. The summed E-state index contributed by atoms with van der Waals surface area (Å²) in [5.41, 5.74) is 3.05. The lowest BCUT2D eigenvalue weighted by Crippen LogP contribution is -2.35. The summed E-state index contributed by atoms with van der Waals surface area (Å²) >= 11 is 0. The van der Waals surface area contributed by atoms with Crippen molar-refractivity contribution in [2.45, 2.75) is 17.9 Å². The second-order valence-electron chi connectivity index (χ2n) is 7.44. The van der Waals surface area contributed by atoms with Crippen LogP contribution in [0.5, 0.6) is 11.5 Å². The molecular weight excluding hydrogens is 428 g/mol. The Kier molecular flexibility index (Phi) is 6.16. The van der Waals surface area contributed by atoms with Crippen molar-refractivity contribution in [3.05, 3.63) is 83.4 Å². The van der Waals surface area contributed by atoms with E-state index in [1.54, 1.807) is 18.2 Å². The molecule has 0 fully saturated rings. The fraction of sp³-hybridized carbons (Fsp3) is 0.208. The Morgan fingerprint density at radius 3 is 2.16 bits per heavy atom. The normalized spacial score (nSPS) is 13.8. The second-order valence-corrected chi connectivity index (χ2v) is 9.38. The number of carbonyl (C=O) groups excluding carboxylic acids is 1. The Bertz CT molecular complexity index is 1220. The van der Waals surface area contributed by atoms with E-state index in [-0.39, 0.29) is 10.8 Å². The summed E-state index contributed by atoms with van der Waals surface area (Å²) in [5, 5.41) is 2.78. The average molecular weight is 453 g/mol. The topological polar surface area (TPSA) is 84.9 Å². The Morgan fingerprint density at radius 1 is 0.906 bits per heavy atom. The highest BCUT2D eigenvalue weighted by Crippen LogP contribution is 2.27. The van der Waals surface area contributed by atoms with Crippen LogP contribution in [0.4, 0.5) is 5.69 Å². The van der Waals surface area contributed by atoms with Gasteiger partial charge in [-0.2, -0.15) is 4.31 Å². The molecule has 4 rings (SSSR count). The average Bonchev–Trinajstić information content (AvgIpc) is 2.83. The van der Waals surface area contributed by atoms with E-state index in [1.807, 2.05) is 24.3 Å². The number of methoxy groups -OCH3 is 2. The number of nitrogens with zero attached hydrogens (tertiary/aromatic N) is 1. The maximum absolute atomic E-state index is 13.1. The van der Waals surface area contributed by atoms with Crippen LogP contribution in [0.15, 0.2) is 71.6 Å². The molecule has 0 bridgehead atoms. The molecule has 0 saturated carbocycles. The molecule has 1 N–H and O–H groups in total. The highest BCUT2D eigenvalue weighted by atomic mass is 32.2. The van der Waals surface area contributed by atoms with Gasteiger partial charge in [0.2, 0.25) is 10.0 Å². The maximum atomic E-state index is 13.1. The van der Waals surface area contributed by atoms with Crippen LogP contribution in [-0.4, -0.2) is 39.4 Å². The summed E-state index contributed by atoms with van der Waals surface area (Å²) in [4.78, 5) is 12.8. The molecule has 1 aliphatic heterocycles. The third-order valence-corrected chi connectivity index (χ3v) is 7.32. The molecule has 3 aromatic rings. The van der Waals surface area contributed by atoms with E-state index in [9.17, 15) is 13.2 Å². The van der Waals surface area contributed by atoms with E-state index in [0.717, 1.165) is 5.56 Å². The molecular formula is C24H24N2O5S. The Hall–Kier alpha value is -3.36. The molecule has 0 aliphatic carbocycles. The molecule has 166 valence electrons. The number of anilines is 1. The van der Waals surface area contributed by atoms with Crippen LogP contribution >= 0.6 is 0 Å². The quantitative estimate of drug-likeness (QED) is 0.616. The lowest BCUT2D eigenvalue weighted by molar-refractivity contribution is 0.102. The highest BCUT2D eigenvalue weighted by molar-refractivity contribution is 7.89. The van der Waals surface area contributed by atoms with Crippen molar-refractivity contribution in [2.75, 3.05) is 26.1 Å². The standard InChI is InChI=1S/C24H24N2O5S/c1-30-21-13-20(14-22(15-21)31-2)25-24(27)18-7-9-23(10-8-18)32(28,29)26-12-11-17-5-3-4-6-19(17)16-26/h3-10,13-15H,11-12,16H2,1-2H3,(H,25,27). The van der Waals surface area contributed by atoms with Gasteiger partial charge in [-0.15, -0.1) is 0 Å². The van der Waals surface area contributed by atoms with Crippen LogP contribution in [0.2, 0.25) is 0 Å². The molecule has 1 heterocycles. The molecule has 3 aromatic carbocycles. The van der Waals surface area contributed by atoms with Gasteiger partial charge in [-0.25, -0.2) is 8.42 Å². The van der Waals surface area contributed by atoms with Crippen LogP contribution in [0.1, 0.15) is 21.5 Å². The first kappa shape index (κ1) is 21.9. The lowest BCUT2D eigenvalue weighted by Gasteiger charge is -2.28. The second kappa shape index (κ2) is 9.02. The smallest absolute Gasteiger partial charge is 0.255 e. The van der Waals surface area contributed by atoms with E-state index in [0.29, 0.717) is 42.3 Å². The van der Waals surface area contributed by atoms with E-state index in [4.69, 9.17) is 9.47 Å². The van der Waals surface area contributed by atoms with Gasteiger partial charge in [0.25, 0.3) is 5.91 Å². The fourth-order valence-corrected chi connectivity index (χ4v) is 5.10. The first-order valence-corrected chi connectivity index (χ1v) is 11.6. The van der Waals surface area contributed by atoms with Crippen molar-refractivity contribution in [3.63, 3.8) is 0 Å². The van der Waals surface area contributed by atoms with Crippen LogP contribution in [-0.2, 0) is 23.0 Å². The SMILES string of the molecule is COc1cc(NC(=O)c2ccc(S(=O)(=O)N3CCc4ccccc4C3)cc2)cc(OC)c1. The molecule has 8 heteroatoms. The van der Waals surface area contributed by atoms with Gasteiger partial charge in [0.05, 0.1) is 19.1 Å². The third-order valence-electron chi connectivity index (χ3n) is 5.46. The van der Waals surface area contributed by atoms with Crippen molar-refractivity contribution in [1.82, 2.24) is 4.31 Å². The van der Waals surface area contributed by atoms with E-state index in [1.165, 1.54) is 48.4 Å². The molecule has 0 aromatic heterocycles. The van der Waals surface area contributed by atoms with Gasteiger partial charge >= 0.3 is 0 Å². The largest absolute Gasteiger partial charge is 0.497 e. The molecule has 0 atom stereocenters. The minimum Gasteiger partial charge on any atom is -0.497 e. The number of sulfonamides is 1. The number of rotatable bonds is 6. The van der Waals surface area contributed by atoms with Gasteiger partial charge in [-0.1, -0.05) is 24.3 Å². The number of amides is 1. The maximum Gasteiger partial charge on any atom is 0.255 e. The summed E-state index contributed by atoms with van der Waals surface area (Å²) in [5.74, 6) is 0.726. The van der Waals surface area contributed by atoms with Crippen molar-refractivity contribution < 1.29 is 22.7 Å². The van der Waals surface area contributed by atoms with Crippen LogP contribution in [0, 0.1) is 0 Å². The number of hydrogen-bond acceptors (Lipinski definition) is 5. The fourth-order valence-electron chi connectivity index (χ4n) is 3.69. The zero-order valence-electron chi connectivity index (χ0n) is 17.9. The number of ether oxygens (including phenoxy) is 2. The van der Waals surface area contributed by atoms with E-state index < -0.39 is 10.0 Å². The molecule has 0 radical (unpaired) electrons. The van der Waals surface area contributed by atoms with Gasteiger partial charge in [-0.05, 0) is 41.8 Å². The van der Waals surface area contributed by atoms with Gasteiger partial charge in [0.1, 0.15) is 11.5 Å². The summed E-state index contributed by atoms with van der Waals surface area (Å²) < 4.78 is 38.1. The zero-order valence-corrected chi connectivity index (χ0v) is 18.7. The lowest BCUT2D eigenvalue weighted by atomic mass is 10.0. The Morgan fingerprint density at radius 2 is 1.53 bits per heavy atom. The molecule has 1 aliphatic rings. The monoisotopic (exact) mass is 452 g/mol. The van der Waals surface area contributed by atoms with Crippen LogP contribution in [0.3, 0.4) is 0 Å². The summed E-state index contributed by atoms with van der Waals surface area (Å²) in [6.07, 6.45) is 0.680. The molecule has 0 unspecified atom stereocenters. The van der Waals surface area contributed by atoms with Gasteiger partial charge in [0.15, 0.2) is 0 Å². The van der Waals surface area contributed by atoms with E-state index in [2.05, 4.69) is 5.32 Å². The summed E-state index contributed by atoms with van der Waals surface area (Å²) in [6, 6.07) is 18.9. The molecule has 1 amide bonds. The number of carbonyl (C=O) groups is 1. The van der Waals surface area contributed by atoms with Gasteiger partial charge < -0.3 is 14.8 Å². The molecule has 32 heavy (non-hydrogen) atoms. The van der Waals surface area contributed by atoms with Crippen molar-refractivity contribution in [3.8, 4) is 11.5 Å². The summed E-state index contributed by atoms with van der Waals surface area (Å²) in [7, 11) is -0.599. The number of hydrogen-bond donors (Lipinski definition) is 1. The first-order chi connectivity index (χ1) is 15.4. The molecule has 0 spiro atoms. The Labute approximate surface area is 187 Å². The third kappa shape index (κ3) is 4.46. The summed E-state index contributed by atoms with van der Waals surface area (Å²) in [6.45, 7) is 0.775. The number of nitrogens with one attached hydrogen (secondary N) is 1. The van der Waals surface area contributed by atoms with Crippen molar-refractivity contribution >= 4 is 21.6 Å². The van der Waals surface area contributed by atoms with Crippen molar-refractivity contribution in [2.24, 2.45) is 0 Å². The first-order valence-electron chi connectivity index (χ1n) is 10.1. The van der Waals surface area contributed by atoms with Gasteiger partial charge in [-0.3, -0.25) is 4.79 Å². The minimum absolute atomic E-state index is 0.163.